The minimum absolute atomic E-state index is 0.108. The Morgan fingerprint density at radius 3 is 2.48 bits per heavy atom. The summed E-state index contributed by atoms with van der Waals surface area (Å²) in [5, 5.41) is 15.7. The number of nitro benzene ring substituents is 1. The fourth-order valence-electron chi connectivity index (χ4n) is 2.61. The maximum absolute atomic E-state index is 12.5. The number of hydrogen-bond acceptors (Lipinski definition) is 3. The number of quaternary nitrogens is 1. The Labute approximate surface area is 154 Å². The Morgan fingerprint density at radius 2 is 1.88 bits per heavy atom. The van der Waals surface area contributed by atoms with E-state index in [1.54, 1.807) is 19.1 Å². The quantitative estimate of drug-likeness (QED) is 0.545. The van der Waals surface area contributed by atoms with Crippen LogP contribution in [0.15, 0.2) is 53.0 Å². The summed E-state index contributed by atoms with van der Waals surface area (Å²) >= 11 is 3.42. The Hall–Kier alpha value is -2.25. The molecule has 0 fully saturated rings. The first-order chi connectivity index (χ1) is 11.9. The second kappa shape index (κ2) is 8.73. The number of nitrogens with one attached hydrogen (secondary N) is 1. The van der Waals surface area contributed by atoms with E-state index in [1.807, 2.05) is 29.6 Å². The minimum Gasteiger partial charge on any atom is -0.330 e. The fraction of sp³-hybridized carbons (Fsp3) is 0.278. The van der Waals surface area contributed by atoms with E-state index in [4.69, 9.17) is 0 Å². The predicted octanol–water partition coefficient (Wildman–Crippen LogP) is 3.40. The molecule has 3 N–H and O–H groups in total. The van der Waals surface area contributed by atoms with Crippen LogP contribution in [0.25, 0.3) is 0 Å². The summed E-state index contributed by atoms with van der Waals surface area (Å²) in [6.07, 6.45) is 0.866. The Kier molecular flexibility index (Phi) is 6.66. The number of anilines is 1. The van der Waals surface area contributed by atoms with Crippen LogP contribution in [0.4, 0.5) is 11.4 Å². The van der Waals surface area contributed by atoms with E-state index in [1.165, 1.54) is 12.1 Å². The van der Waals surface area contributed by atoms with Crippen LogP contribution in [0, 0.1) is 10.1 Å². The van der Waals surface area contributed by atoms with Gasteiger partial charge in [-0.05, 0) is 25.1 Å². The number of nitrogens with zero attached hydrogens (tertiary/aromatic N) is 1. The third-order valence-corrected chi connectivity index (χ3v) is 4.56. The number of rotatable bonds is 7. The van der Waals surface area contributed by atoms with Crippen molar-refractivity contribution in [3.63, 3.8) is 0 Å². The lowest BCUT2D eigenvalue weighted by atomic mass is 10.0. The first kappa shape index (κ1) is 19.1. The van der Waals surface area contributed by atoms with Gasteiger partial charge in [-0.3, -0.25) is 14.9 Å². The normalized spacial score (nSPS) is 13.1. The van der Waals surface area contributed by atoms with E-state index in [9.17, 15) is 14.9 Å². The van der Waals surface area contributed by atoms with Crippen molar-refractivity contribution in [3.05, 3.63) is 68.7 Å². The zero-order valence-corrected chi connectivity index (χ0v) is 15.7. The van der Waals surface area contributed by atoms with Gasteiger partial charge in [0.1, 0.15) is 11.7 Å². The van der Waals surface area contributed by atoms with E-state index in [-0.39, 0.29) is 29.4 Å². The molecule has 7 heteroatoms. The Balaban J connectivity index is 2.07. The Bertz CT molecular complexity index is 749. The molecule has 0 aliphatic heterocycles. The van der Waals surface area contributed by atoms with Gasteiger partial charge in [0, 0.05) is 22.5 Å². The van der Waals surface area contributed by atoms with Gasteiger partial charge in [-0.25, -0.2) is 0 Å². The summed E-state index contributed by atoms with van der Waals surface area (Å²) in [4.78, 5) is 23.0. The molecule has 25 heavy (non-hydrogen) atoms. The smallest absolute Gasteiger partial charge is 0.292 e. The third kappa shape index (κ3) is 5.11. The summed E-state index contributed by atoms with van der Waals surface area (Å²) in [6.45, 7) is 3.86. The zero-order valence-electron chi connectivity index (χ0n) is 14.1. The van der Waals surface area contributed by atoms with Crippen LogP contribution in [0.1, 0.15) is 31.9 Å². The summed E-state index contributed by atoms with van der Waals surface area (Å²) in [5.41, 5.74) is 1.24. The second-order valence-corrected chi connectivity index (χ2v) is 6.73. The highest BCUT2D eigenvalue weighted by molar-refractivity contribution is 9.10. The Morgan fingerprint density at radius 1 is 1.24 bits per heavy atom. The SMILES string of the molecule is CC[C@@H]([NH2+][C@H](C)C(=O)Nc1ccccc1[N+](=O)[O-])c1ccc(Br)cc1. The van der Waals surface area contributed by atoms with Gasteiger partial charge in [-0.15, -0.1) is 0 Å². The number of halogens is 1. The maximum Gasteiger partial charge on any atom is 0.292 e. The molecule has 0 radical (unpaired) electrons. The van der Waals surface area contributed by atoms with E-state index >= 15 is 0 Å². The highest BCUT2D eigenvalue weighted by atomic mass is 79.9. The number of amides is 1. The maximum atomic E-state index is 12.5. The molecule has 2 aromatic carbocycles. The van der Waals surface area contributed by atoms with Crippen LogP contribution in [-0.4, -0.2) is 16.9 Å². The van der Waals surface area contributed by atoms with Crippen molar-refractivity contribution in [2.75, 3.05) is 5.32 Å². The highest BCUT2D eigenvalue weighted by Gasteiger charge is 2.24. The minimum atomic E-state index is -0.499. The van der Waals surface area contributed by atoms with Crippen molar-refractivity contribution in [3.8, 4) is 0 Å². The van der Waals surface area contributed by atoms with E-state index in [0.717, 1.165) is 16.5 Å². The molecule has 2 rings (SSSR count). The van der Waals surface area contributed by atoms with Gasteiger partial charge >= 0.3 is 0 Å². The largest absolute Gasteiger partial charge is 0.330 e. The number of nitrogens with two attached hydrogens (primary N) is 1. The second-order valence-electron chi connectivity index (χ2n) is 5.81. The molecule has 0 unspecified atom stereocenters. The summed E-state index contributed by atoms with van der Waals surface area (Å²) in [6, 6.07) is 13.9. The van der Waals surface area contributed by atoms with E-state index in [0.29, 0.717) is 0 Å². The molecule has 0 spiro atoms. The molecule has 2 aromatic rings. The summed E-state index contributed by atoms with van der Waals surface area (Å²) in [5.74, 6) is -0.259. The first-order valence-corrected chi connectivity index (χ1v) is 8.86. The molecule has 0 aliphatic carbocycles. The number of benzene rings is 2. The van der Waals surface area contributed by atoms with Crippen molar-refractivity contribution in [2.45, 2.75) is 32.4 Å². The van der Waals surface area contributed by atoms with Gasteiger partial charge in [0.15, 0.2) is 6.04 Å². The van der Waals surface area contributed by atoms with Gasteiger partial charge in [0.05, 0.1) is 4.92 Å². The molecule has 6 nitrogen and oxygen atoms in total. The molecule has 2 atom stereocenters. The van der Waals surface area contributed by atoms with Crippen LogP contribution < -0.4 is 10.6 Å². The van der Waals surface area contributed by atoms with E-state index < -0.39 is 4.92 Å². The molecule has 1 amide bonds. The average Bonchev–Trinajstić information content (AvgIpc) is 2.60. The lowest BCUT2D eigenvalue weighted by molar-refractivity contribution is -0.713. The topological polar surface area (TPSA) is 88.8 Å². The number of hydrogen-bond donors (Lipinski definition) is 2. The molecule has 0 saturated heterocycles. The van der Waals surface area contributed by atoms with Crippen LogP contribution in [0.5, 0.6) is 0 Å². The number of para-hydroxylation sites is 2. The monoisotopic (exact) mass is 406 g/mol. The van der Waals surface area contributed by atoms with Crippen LogP contribution in [0.2, 0.25) is 0 Å². The molecule has 0 aliphatic rings. The van der Waals surface area contributed by atoms with Crippen molar-refractivity contribution in [2.24, 2.45) is 0 Å². The molecule has 0 aromatic heterocycles. The standard InChI is InChI=1S/C18H20BrN3O3/c1-3-15(13-8-10-14(19)11-9-13)20-12(2)18(23)21-16-6-4-5-7-17(16)22(24)25/h4-12,15,20H,3H2,1-2H3,(H,21,23)/p+1/t12-,15-/m1/s1. The average molecular weight is 407 g/mol. The predicted molar refractivity (Wildman–Crippen MR) is 100 cm³/mol. The first-order valence-electron chi connectivity index (χ1n) is 8.07. The molecule has 0 heterocycles. The molecule has 132 valence electrons. The number of carbonyl (C=O) groups is 1. The van der Waals surface area contributed by atoms with Gasteiger partial charge in [0.2, 0.25) is 0 Å². The molecule has 0 bridgehead atoms. The van der Waals surface area contributed by atoms with Crippen molar-refractivity contribution < 1.29 is 15.0 Å². The molecule has 0 saturated carbocycles. The summed E-state index contributed by atoms with van der Waals surface area (Å²) in [7, 11) is 0. The van der Waals surface area contributed by atoms with Crippen LogP contribution >= 0.6 is 15.9 Å². The van der Waals surface area contributed by atoms with Gasteiger partial charge < -0.3 is 10.6 Å². The number of nitro groups is 1. The number of carbonyl (C=O) groups excluding carboxylic acids is 1. The van der Waals surface area contributed by atoms with Crippen LogP contribution in [0.3, 0.4) is 0 Å². The van der Waals surface area contributed by atoms with Crippen molar-refractivity contribution in [1.29, 1.82) is 0 Å². The highest BCUT2D eigenvalue weighted by Crippen LogP contribution is 2.23. The lowest BCUT2D eigenvalue weighted by Gasteiger charge is -2.19. The van der Waals surface area contributed by atoms with Crippen molar-refractivity contribution >= 4 is 33.2 Å². The zero-order chi connectivity index (χ0) is 18.4. The van der Waals surface area contributed by atoms with E-state index in [2.05, 4.69) is 28.2 Å². The van der Waals surface area contributed by atoms with Crippen LogP contribution in [-0.2, 0) is 4.79 Å². The van der Waals surface area contributed by atoms with Crippen molar-refractivity contribution in [1.82, 2.24) is 0 Å². The molecular formula is C18H21BrN3O3+. The van der Waals surface area contributed by atoms with Gasteiger partial charge in [-0.2, -0.15) is 0 Å². The van der Waals surface area contributed by atoms with Gasteiger partial charge in [-0.1, -0.05) is 47.1 Å². The summed E-state index contributed by atoms with van der Waals surface area (Å²) < 4.78 is 1.01. The van der Waals surface area contributed by atoms with Gasteiger partial charge in [0.25, 0.3) is 11.6 Å². The fourth-order valence-corrected chi connectivity index (χ4v) is 2.88. The molecular weight excluding hydrogens is 386 g/mol. The lowest BCUT2D eigenvalue weighted by Crippen LogP contribution is -2.92. The third-order valence-electron chi connectivity index (χ3n) is 4.03.